The molecule has 7 nitrogen and oxygen atoms in total. The van der Waals surface area contributed by atoms with Crippen molar-refractivity contribution in [3.05, 3.63) is 83.1 Å². The van der Waals surface area contributed by atoms with Crippen LogP contribution in [-0.4, -0.2) is 37.8 Å². The van der Waals surface area contributed by atoms with Crippen molar-refractivity contribution in [3.8, 4) is 11.3 Å². The molecular weight excluding hydrogens is 386 g/mol. The fourth-order valence-electron chi connectivity index (χ4n) is 2.99. The molecule has 0 saturated heterocycles. The Morgan fingerprint density at radius 1 is 0.967 bits per heavy atom. The van der Waals surface area contributed by atoms with Crippen LogP contribution >= 0.6 is 0 Å². The number of hydrogen-bond donors (Lipinski definition) is 2. The zero-order chi connectivity index (χ0) is 21.5. The topological polar surface area (TPSA) is 98.0 Å². The van der Waals surface area contributed by atoms with Crippen LogP contribution in [0.2, 0.25) is 0 Å². The molecule has 0 aliphatic rings. The molecule has 0 aliphatic heterocycles. The van der Waals surface area contributed by atoms with Gasteiger partial charge in [-0.15, -0.1) is 0 Å². The predicted octanol–water partition coefficient (Wildman–Crippen LogP) is 3.34. The third kappa shape index (κ3) is 5.14. The molecule has 30 heavy (non-hydrogen) atoms. The van der Waals surface area contributed by atoms with Crippen LogP contribution in [0.5, 0.6) is 0 Å². The van der Waals surface area contributed by atoms with Crippen LogP contribution in [0, 0.1) is 0 Å². The fourth-order valence-corrected chi connectivity index (χ4v) is 2.99. The van der Waals surface area contributed by atoms with Crippen LogP contribution in [0.25, 0.3) is 11.3 Å². The van der Waals surface area contributed by atoms with Gasteiger partial charge in [-0.3, -0.25) is 0 Å². The molecule has 1 aromatic heterocycles. The maximum absolute atomic E-state index is 11.9. The number of methoxy groups -OCH3 is 2. The molecule has 3 rings (SSSR count). The minimum absolute atomic E-state index is 0.220. The van der Waals surface area contributed by atoms with Gasteiger partial charge in [0.1, 0.15) is 11.5 Å². The molecule has 156 valence electrons. The van der Waals surface area contributed by atoms with E-state index >= 15 is 0 Å². The number of aliphatic hydroxyl groups is 1. The first-order valence-electron chi connectivity index (χ1n) is 9.36. The molecule has 2 aromatic carbocycles. The third-order valence-electron chi connectivity index (χ3n) is 4.54. The van der Waals surface area contributed by atoms with Crippen LogP contribution in [0.3, 0.4) is 0 Å². The highest BCUT2D eigenvalue weighted by atomic mass is 16.5. The lowest BCUT2D eigenvalue weighted by Crippen LogP contribution is -2.20. The SMILES string of the molecule is COC(=O)c1cc(C(=O)OC)cc(-c2ccc(CNCC(O)c3ccccc3)o2)c1. The zero-order valence-corrected chi connectivity index (χ0v) is 16.8. The Balaban J connectivity index is 1.72. The minimum atomic E-state index is -0.625. The van der Waals surface area contributed by atoms with Gasteiger partial charge in [0.05, 0.1) is 38.0 Å². The number of furan rings is 1. The number of carbonyl (C=O) groups excluding carboxylic acids is 2. The number of benzene rings is 2. The van der Waals surface area contributed by atoms with E-state index in [1.165, 1.54) is 20.3 Å². The minimum Gasteiger partial charge on any atom is -0.465 e. The van der Waals surface area contributed by atoms with Gasteiger partial charge in [-0.1, -0.05) is 30.3 Å². The number of esters is 2. The summed E-state index contributed by atoms with van der Waals surface area (Å²) in [6, 6.07) is 17.5. The molecule has 1 heterocycles. The quantitative estimate of drug-likeness (QED) is 0.551. The Hall–Kier alpha value is -3.42. The van der Waals surface area contributed by atoms with Gasteiger partial charge < -0.3 is 24.3 Å². The monoisotopic (exact) mass is 409 g/mol. The van der Waals surface area contributed by atoms with Gasteiger partial charge in [0.15, 0.2) is 0 Å². The van der Waals surface area contributed by atoms with Crippen molar-refractivity contribution >= 4 is 11.9 Å². The summed E-state index contributed by atoms with van der Waals surface area (Å²) < 4.78 is 15.4. The standard InChI is InChI=1S/C23H23NO6/c1-28-22(26)17-10-16(11-18(12-17)23(27)29-2)21-9-8-19(30-21)13-24-14-20(25)15-6-4-3-5-7-15/h3-12,20,24-25H,13-14H2,1-2H3. The van der Waals surface area contributed by atoms with Gasteiger partial charge in [0, 0.05) is 12.1 Å². The van der Waals surface area contributed by atoms with Gasteiger partial charge in [-0.25, -0.2) is 9.59 Å². The maximum Gasteiger partial charge on any atom is 0.337 e. The van der Waals surface area contributed by atoms with E-state index in [-0.39, 0.29) is 11.1 Å². The van der Waals surface area contributed by atoms with Crippen LogP contribution in [0.4, 0.5) is 0 Å². The van der Waals surface area contributed by atoms with Crippen molar-refractivity contribution in [1.29, 1.82) is 0 Å². The Labute approximate surface area is 174 Å². The highest BCUT2D eigenvalue weighted by Gasteiger charge is 2.16. The van der Waals surface area contributed by atoms with E-state index in [1.54, 1.807) is 24.3 Å². The van der Waals surface area contributed by atoms with E-state index in [1.807, 2.05) is 30.3 Å². The second kappa shape index (κ2) is 9.87. The van der Waals surface area contributed by atoms with Crippen molar-refractivity contribution in [3.63, 3.8) is 0 Å². The molecule has 1 atom stereocenters. The Morgan fingerprint density at radius 3 is 2.20 bits per heavy atom. The lowest BCUT2D eigenvalue weighted by Gasteiger charge is -2.11. The van der Waals surface area contributed by atoms with Crippen LogP contribution in [0.15, 0.2) is 65.1 Å². The molecule has 0 saturated carbocycles. The fraction of sp³-hybridized carbons (Fsp3) is 0.217. The molecule has 0 fully saturated rings. The van der Waals surface area contributed by atoms with E-state index in [0.29, 0.717) is 30.2 Å². The molecule has 2 N–H and O–H groups in total. The van der Waals surface area contributed by atoms with E-state index < -0.39 is 18.0 Å². The van der Waals surface area contributed by atoms with Gasteiger partial charge in [0.2, 0.25) is 0 Å². The molecule has 0 radical (unpaired) electrons. The molecule has 1 unspecified atom stereocenters. The summed E-state index contributed by atoms with van der Waals surface area (Å²) in [5.41, 5.74) is 1.82. The zero-order valence-electron chi connectivity index (χ0n) is 16.8. The van der Waals surface area contributed by atoms with E-state index in [4.69, 9.17) is 13.9 Å². The van der Waals surface area contributed by atoms with Gasteiger partial charge in [-0.05, 0) is 35.9 Å². The lowest BCUT2D eigenvalue weighted by atomic mass is 10.0. The Bertz CT molecular complexity index is 977. The summed E-state index contributed by atoms with van der Waals surface area (Å²) in [6.07, 6.45) is -0.625. The molecule has 0 amide bonds. The summed E-state index contributed by atoms with van der Waals surface area (Å²) in [5, 5.41) is 13.4. The third-order valence-corrected chi connectivity index (χ3v) is 4.54. The average molecular weight is 409 g/mol. The first kappa shape index (κ1) is 21.3. The molecule has 0 bridgehead atoms. The second-order valence-electron chi connectivity index (χ2n) is 6.61. The summed E-state index contributed by atoms with van der Waals surface area (Å²) in [4.78, 5) is 23.9. The summed E-state index contributed by atoms with van der Waals surface area (Å²) in [7, 11) is 2.54. The summed E-state index contributed by atoms with van der Waals surface area (Å²) in [5.74, 6) is 0.00960. The average Bonchev–Trinajstić information content (AvgIpc) is 3.27. The molecule has 7 heteroatoms. The lowest BCUT2D eigenvalue weighted by molar-refractivity contribution is 0.0599. The summed E-state index contributed by atoms with van der Waals surface area (Å²) >= 11 is 0. The Morgan fingerprint density at radius 2 is 1.60 bits per heavy atom. The van der Waals surface area contributed by atoms with Crippen molar-refractivity contribution < 1.29 is 28.6 Å². The van der Waals surface area contributed by atoms with Crippen molar-refractivity contribution in [2.75, 3.05) is 20.8 Å². The number of hydrogen-bond acceptors (Lipinski definition) is 7. The van der Waals surface area contributed by atoms with Crippen molar-refractivity contribution in [2.45, 2.75) is 12.6 Å². The number of nitrogens with one attached hydrogen (secondary N) is 1. The van der Waals surface area contributed by atoms with Crippen molar-refractivity contribution in [1.82, 2.24) is 5.32 Å². The number of aliphatic hydroxyl groups excluding tert-OH is 1. The molecule has 0 spiro atoms. The largest absolute Gasteiger partial charge is 0.465 e. The van der Waals surface area contributed by atoms with E-state index in [2.05, 4.69) is 5.32 Å². The first-order valence-corrected chi connectivity index (χ1v) is 9.36. The van der Waals surface area contributed by atoms with Crippen LogP contribution in [-0.2, 0) is 16.0 Å². The first-order chi connectivity index (χ1) is 14.5. The Kier molecular flexibility index (Phi) is 7.00. The number of carbonyl (C=O) groups is 2. The normalized spacial score (nSPS) is 11.7. The second-order valence-corrected chi connectivity index (χ2v) is 6.61. The maximum atomic E-state index is 11.9. The highest BCUT2D eigenvalue weighted by molar-refractivity contribution is 5.97. The number of ether oxygens (including phenoxy) is 2. The van der Waals surface area contributed by atoms with Gasteiger partial charge in [-0.2, -0.15) is 0 Å². The molecule has 0 aliphatic carbocycles. The van der Waals surface area contributed by atoms with Gasteiger partial charge in [0.25, 0.3) is 0 Å². The molecule has 3 aromatic rings. The number of rotatable bonds is 8. The van der Waals surface area contributed by atoms with Crippen LogP contribution in [0.1, 0.15) is 38.1 Å². The van der Waals surface area contributed by atoms with Gasteiger partial charge >= 0.3 is 11.9 Å². The van der Waals surface area contributed by atoms with E-state index in [0.717, 1.165) is 5.56 Å². The molecular formula is C23H23NO6. The predicted molar refractivity (Wildman–Crippen MR) is 110 cm³/mol. The summed E-state index contributed by atoms with van der Waals surface area (Å²) in [6.45, 7) is 0.773. The van der Waals surface area contributed by atoms with Crippen LogP contribution < -0.4 is 5.32 Å². The van der Waals surface area contributed by atoms with Crippen molar-refractivity contribution in [2.24, 2.45) is 0 Å². The highest BCUT2D eigenvalue weighted by Crippen LogP contribution is 2.26. The smallest absolute Gasteiger partial charge is 0.337 e. The van der Waals surface area contributed by atoms with E-state index in [9.17, 15) is 14.7 Å².